The van der Waals surface area contributed by atoms with Crippen molar-refractivity contribution in [3.8, 4) is 17.2 Å². The number of benzene rings is 2. The van der Waals surface area contributed by atoms with Gasteiger partial charge in [0.2, 0.25) is 0 Å². The lowest BCUT2D eigenvalue weighted by Gasteiger charge is -2.13. The lowest BCUT2D eigenvalue weighted by atomic mass is 10.1. The van der Waals surface area contributed by atoms with Gasteiger partial charge in [0.05, 0.1) is 14.2 Å². The van der Waals surface area contributed by atoms with Gasteiger partial charge in [0.25, 0.3) is 5.91 Å². The number of hydrogen-bond acceptors (Lipinski definition) is 4. The average Bonchev–Trinajstić information content (AvgIpc) is 2.58. The van der Waals surface area contributed by atoms with E-state index in [2.05, 4.69) is 10.1 Å². The van der Waals surface area contributed by atoms with Gasteiger partial charge in [-0.15, -0.1) is 0 Å². The minimum Gasteiger partial charge on any atom is -0.493 e. The number of ether oxygens (including phenoxy) is 3. The monoisotopic (exact) mass is 337 g/mol. The minimum atomic E-state index is -2.94. The average molecular weight is 337 g/mol. The number of alkyl halides is 2. The van der Waals surface area contributed by atoms with Crippen LogP contribution < -0.4 is 19.5 Å². The molecule has 0 aliphatic rings. The Kier molecular flexibility index (Phi) is 5.95. The van der Waals surface area contributed by atoms with E-state index in [1.165, 1.54) is 38.5 Å². The van der Waals surface area contributed by atoms with Crippen molar-refractivity contribution >= 4 is 5.91 Å². The molecule has 0 aromatic heterocycles. The first-order valence-corrected chi connectivity index (χ1v) is 7.08. The van der Waals surface area contributed by atoms with Gasteiger partial charge in [-0.05, 0) is 24.3 Å². The minimum absolute atomic E-state index is 0.0726. The Labute approximate surface area is 138 Å². The van der Waals surface area contributed by atoms with E-state index in [0.717, 1.165) is 5.56 Å². The molecular weight excluding hydrogens is 320 g/mol. The Morgan fingerprint density at radius 1 is 1.12 bits per heavy atom. The van der Waals surface area contributed by atoms with E-state index in [1.807, 2.05) is 0 Å². The first-order chi connectivity index (χ1) is 11.5. The molecule has 0 saturated heterocycles. The second kappa shape index (κ2) is 8.14. The van der Waals surface area contributed by atoms with Crippen LogP contribution in [0.2, 0.25) is 0 Å². The van der Waals surface area contributed by atoms with Gasteiger partial charge in [0.1, 0.15) is 5.75 Å². The van der Waals surface area contributed by atoms with Crippen molar-refractivity contribution in [2.45, 2.75) is 13.2 Å². The standard InChI is InChI=1S/C17H17F2NO4/c1-22-14-8-4-6-12(15(14)23-2)10-20-16(21)11-5-3-7-13(9-11)24-17(18)19/h3-9,17H,10H2,1-2H3,(H,20,21). The van der Waals surface area contributed by atoms with Crippen molar-refractivity contribution in [3.63, 3.8) is 0 Å². The number of rotatable bonds is 7. The zero-order valence-electron chi connectivity index (χ0n) is 13.2. The molecule has 0 aliphatic carbocycles. The van der Waals surface area contributed by atoms with Crippen LogP contribution in [-0.2, 0) is 6.54 Å². The van der Waals surface area contributed by atoms with Gasteiger partial charge in [-0.3, -0.25) is 4.79 Å². The summed E-state index contributed by atoms with van der Waals surface area (Å²) in [6.07, 6.45) is 0. The molecular formula is C17H17F2NO4. The molecule has 1 N–H and O–H groups in total. The van der Waals surface area contributed by atoms with Crippen molar-refractivity contribution < 1.29 is 27.8 Å². The maximum Gasteiger partial charge on any atom is 0.387 e. The maximum absolute atomic E-state index is 12.2. The predicted octanol–water partition coefficient (Wildman–Crippen LogP) is 3.24. The van der Waals surface area contributed by atoms with Crippen LogP contribution in [0.5, 0.6) is 17.2 Å². The van der Waals surface area contributed by atoms with Gasteiger partial charge < -0.3 is 19.5 Å². The van der Waals surface area contributed by atoms with E-state index < -0.39 is 12.5 Å². The summed E-state index contributed by atoms with van der Waals surface area (Å²) in [5, 5.41) is 2.70. The van der Waals surface area contributed by atoms with Crippen LogP contribution in [0.15, 0.2) is 42.5 Å². The van der Waals surface area contributed by atoms with Crippen molar-refractivity contribution in [1.29, 1.82) is 0 Å². The van der Waals surface area contributed by atoms with Crippen molar-refractivity contribution in [2.24, 2.45) is 0 Å². The van der Waals surface area contributed by atoms with Crippen LogP contribution in [0.25, 0.3) is 0 Å². The van der Waals surface area contributed by atoms with Crippen molar-refractivity contribution in [3.05, 3.63) is 53.6 Å². The number of para-hydroxylation sites is 1. The van der Waals surface area contributed by atoms with E-state index >= 15 is 0 Å². The van der Waals surface area contributed by atoms with Crippen LogP contribution >= 0.6 is 0 Å². The van der Waals surface area contributed by atoms with Gasteiger partial charge in [0, 0.05) is 17.7 Å². The van der Waals surface area contributed by atoms with Gasteiger partial charge in [-0.1, -0.05) is 18.2 Å². The highest BCUT2D eigenvalue weighted by atomic mass is 19.3. The lowest BCUT2D eigenvalue weighted by Crippen LogP contribution is -2.23. The zero-order valence-corrected chi connectivity index (χ0v) is 13.2. The summed E-state index contributed by atoms with van der Waals surface area (Å²) in [6, 6.07) is 10.9. The number of nitrogens with one attached hydrogen (secondary N) is 1. The molecule has 2 rings (SSSR count). The fourth-order valence-corrected chi connectivity index (χ4v) is 2.18. The lowest BCUT2D eigenvalue weighted by molar-refractivity contribution is -0.0498. The number of hydrogen-bond donors (Lipinski definition) is 1. The zero-order chi connectivity index (χ0) is 17.5. The highest BCUT2D eigenvalue weighted by molar-refractivity contribution is 5.94. The smallest absolute Gasteiger partial charge is 0.387 e. The van der Waals surface area contributed by atoms with Gasteiger partial charge in [-0.25, -0.2) is 0 Å². The summed E-state index contributed by atoms with van der Waals surface area (Å²) in [5.41, 5.74) is 0.945. The largest absolute Gasteiger partial charge is 0.493 e. The van der Waals surface area contributed by atoms with Crippen LogP contribution in [0.3, 0.4) is 0 Å². The second-order valence-electron chi connectivity index (χ2n) is 4.74. The maximum atomic E-state index is 12.2. The van der Waals surface area contributed by atoms with E-state index in [0.29, 0.717) is 11.5 Å². The number of methoxy groups -OCH3 is 2. The molecule has 0 saturated carbocycles. The molecule has 0 heterocycles. The number of carbonyl (C=O) groups excluding carboxylic acids is 1. The third kappa shape index (κ3) is 4.34. The molecule has 0 bridgehead atoms. The molecule has 1 amide bonds. The normalized spacial score (nSPS) is 10.4. The van der Waals surface area contributed by atoms with Crippen molar-refractivity contribution in [1.82, 2.24) is 5.32 Å². The highest BCUT2D eigenvalue weighted by Gasteiger charge is 2.12. The SMILES string of the molecule is COc1cccc(CNC(=O)c2cccc(OC(F)F)c2)c1OC. The van der Waals surface area contributed by atoms with E-state index in [4.69, 9.17) is 9.47 Å². The Morgan fingerprint density at radius 3 is 2.54 bits per heavy atom. The fraction of sp³-hybridized carbons (Fsp3) is 0.235. The fourth-order valence-electron chi connectivity index (χ4n) is 2.18. The first kappa shape index (κ1) is 17.5. The Balaban J connectivity index is 2.09. The summed E-state index contributed by atoms with van der Waals surface area (Å²) in [7, 11) is 3.03. The number of halogens is 2. The molecule has 128 valence electrons. The van der Waals surface area contributed by atoms with Gasteiger partial charge >= 0.3 is 6.61 Å². The summed E-state index contributed by atoms with van der Waals surface area (Å²) in [4.78, 5) is 12.2. The summed E-state index contributed by atoms with van der Waals surface area (Å²) in [6.45, 7) is -2.75. The van der Waals surface area contributed by atoms with Crippen LogP contribution in [0.1, 0.15) is 15.9 Å². The third-order valence-electron chi connectivity index (χ3n) is 3.25. The Bertz CT molecular complexity index is 707. The molecule has 0 atom stereocenters. The molecule has 2 aromatic carbocycles. The molecule has 5 nitrogen and oxygen atoms in total. The van der Waals surface area contributed by atoms with Crippen LogP contribution in [0, 0.1) is 0 Å². The Hall–Kier alpha value is -2.83. The second-order valence-corrected chi connectivity index (χ2v) is 4.74. The Morgan fingerprint density at radius 2 is 1.88 bits per heavy atom. The van der Waals surface area contributed by atoms with Crippen LogP contribution in [0.4, 0.5) is 8.78 Å². The molecule has 24 heavy (non-hydrogen) atoms. The third-order valence-corrected chi connectivity index (χ3v) is 3.25. The predicted molar refractivity (Wildman–Crippen MR) is 83.8 cm³/mol. The van der Waals surface area contributed by atoms with Crippen molar-refractivity contribution in [2.75, 3.05) is 14.2 Å². The van der Waals surface area contributed by atoms with Crippen LogP contribution in [-0.4, -0.2) is 26.7 Å². The molecule has 0 unspecified atom stereocenters. The number of amides is 1. The quantitative estimate of drug-likeness (QED) is 0.843. The molecule has 2 aromatic rings. The molecule has 0 aliphatic heterocycles. The highest BCUT2D eigenvalue weighted by Crippen LogP contribution is 2.30. The number of carbonyl (C=O) groups is 1. The first-order valence-electron chi connectivity index (χ1n) is 7.08. The topological polar surface area (TPSA) is 56.8 Å². The van der Waals surface area contributed by atoms with E-state index in [1.54, 1.807) is 18.2 Å². The molecule has 7 heteroatoms. The summed E-state index contributed by atoms with van der Waals surface area (Å²) >= 11 is 0. The summed E-state index contributed by atoms with van der Waals surface area (Å²) < 4.78 is 39.2. The molecule has 0 fully saturated rings. The molecule has 0 spiro atoms. The van der Waals surface area contributed by atoms with Gasteiger partial charge in [0.15, 0.2) is 11.5 Å². The van der Waals surface area contributed by atoms with E-state index in [9.17, 15) is 13.6 Å². The van der Waals surface area contributed by atoms with Gasteiger partial charge in [-0.2, -0.15) is 8.78 Å². The summed E-state index contributed by atoms with van der Waals surface area (Å²) in [5.74, 6) is 0.586. The van der Waals surface area contributed by atoms with E-state index in [-0.39, 0.29) is 17.9 Å². The molecule has 0 radical (unpaired) electrons.